The fraction of sp³-hybridized carbons (Fsp3) is 0.333. The summed E-state index contributed by atoms with van der Waals surface area (Å²) < 4.78 is 1.03. The lowest BCUT2D eigenvalue weighted by atomic mass is 10.0. The molecule has 1 N–H and O–H groups in total. The third-order valence-corrected chi connectivity index (χ3v) is 4.36. The highest BCUT2D eigenvalue weighted by Gasteiger charge is 2.13. The normalized spacial score (nSPS) is 12.6. The molecule has 1 aromatic carbocycles. The van der Waals surface area contributed by atoms with Crippen LogP contribution in [0.15, 0.2) is 39.5 Å². The van der Waals surface area contributed by atoms with E-state index in [2.05, 4.69) is 51.1 Å². The molecule has 1 heterocycles. The molecular formula is C15H17BrClNS. The Morgan fingerprint density at radius 1 is 1.37 bits per heavy atom. The van der Waals surface area contributed by atoms with Gasteiger partial charge >= 0.3 is 0 Å². The molecule has 0 saturated carbocycles. The predicted octanol–water partition coefficient (Wildman–Crippen LogP) is 5.45. The van der Waals surface area contributed by atoms with Crippen molar-refractivity contribution in [1.82, 2.24) is 5.32 Å². The van der Waals surface area contributed by atoms with E-state index in [0.29, 0.717) is 6.04 Å². The van der Waals surface area contributed by atoms with Crippen LogP contribution in [0.3, 0.4) is 0 Å². The van der Waals surface area contributed by atoms with E-state index >= 15 is 0 Å². The molecule has 0 aliphatic rings. The summed E-state index contributed by atoms with van der Waals surface area (Å²) in [6.45, 7) is 3.20. The molecule has 1 nitrogen and oxygen atoms in total. The van der Waals surface area contributed by atoms with Crippen molar-refractivity contribution in [3.63, 3.8) is 0 Å². The largest absolute Gasteiger partial charge is 0.310 e. The topological polar surface area (TPSA) is 12.0 Å². The first-order valence-corrected chi connectivity index (χ1v) is 8.51. The number of rotatable bonds is 6. The molecule has 0 bridgehead atoms. The first kappa shape index (κ1) is 15.0. The summed E-state index contributed by atoms with van der Waals surface area (Å²) in [5.41, 5.74) is 2.61. The van der Waals surface area contributed by atoms with Crippen LogP contribution in [0.5, 0.6) is 0 Å². The van der Waals surface area contributed by atoms with E-state index in [4.69, 9.17) is 11.6 Å². The van der Waals surface area contributed by atoms with Gasteiger partial charge in [-0.2, -0.15) is 11.3 Å². The van der Waals surface area contributed by atoms with Gasteiger partial charge in [0.15, 0.2) is 0 Å². The Balaban J connectivity index is 2.20. The average molecular weight is 359 g/mol. The molecule has 19 heavy (non-hydrogen) atoms. The Morgan fingerprint density at radius 3 is 2.84 bits per heavy atom. The van der Waals surface area contributed by atoms with E-state index in [1.807, 2.05) is 12.1 Å². The van der Waals surface area contributed by atoms with Gasteiger partial charge in [-0.25, -0.2) is 0 Å². The van der Waals surface area contributed by atoms with Crippen LogP contribution in [0.1, 0.15) is 30.5 Å². The summed E-state index contributed by atoms with van der Waals surface area (Å²) >= 11 is 11.4. The van der Waals surface area contributed by atoms with E-state index in [9.17, 15) is 0 Å². The smallest absolute Gasteiger partial charge is 0.0420 e. The van der Waals surface area contributed by atoms with E-state index in [1.165, 1.54) is 11.1 Å². The Bertz CT molecular complexity index is 493. The van der Waals surface area contributed by atoms with Crippen molar-refractivity contribution in [2.24, 2.45) is 0 Å². The van der Waals surface area contributed by atoms with Gasteiger partial charge in [0.05, 0.1) is 0 Å². The van der Waals surface area contributed by atoms with Gasteiger partial charge in [0, 0.05) is 15.5 Å². The number of halogens is 2. The molecule has 102 valence electrons. The fourth-order valence-electron chi connectivity index (χ4n) is 2.05. The summed E-state index contributed by atoms with van der Waals surface area (Å²) in [7, 11) is 0. The number of thiophene rings is 1. The first-order chi connectivity index (χ1) is 9.19. The lowest BCUT2D eigenvalue weighted by Crippen LogP contribution is -2.24. The molecule has 0 fully saturated rings. The maximum absolute atomic E-state index is 6.15. The molecule has 2 aromatic rings. The van der Waals surface area contributed by atoms with Crippen LogP contribution in [-0.4, -0.2) is 6.54 Å². The van der Waals surface area contributed by atoms with Crippen LogP contribution in [0.4, 0.5) is 0 Å². The molecule has 0 amide bonds. The molecular weight excluding hydrogens is 342 g/mol. The zero-order chi connectivity index (χ0) is 13.7. The second kappa shape index (κ2) is 7.44. The van der Waals surface area contributed by atoms with Crippen molar-refractivity contribution in [2.75, 3.05) is 6.54 Å². The summed E-state index contributed by atoms with van der Waals surface area (Å²) in [5, 5.41) is 8.71. The summed E-state index contributed by atoms with van der Waals surface area (Å²) in [5.74, 6) is 0. The van der Waals surface area contributed by atoms with Crippen LogP contribution in [0.25, 0.3) is 0 Å². The first-order valence-electron chi connectivity index (χ1n) is 6.39. The monoisotopic (exact) mass is 357 g/mol. The van der Waals surface area contributed by atoms with E-state index in [1.54, 1.807) is 11.3 Å². The SMILES string of the molecule is CCCNC(Cc1ccsc1)c1cc(Cl)cc(Br)c1. The van der Waals surface area contributed by atoms with Crippen LogP contribution in [0.2, 0.25) is 5.02 Å². The molecule has 0 aliphatic carbocycles. The number of hydrogen-bond acceptors (Lipinski definition) is 2. The molecule has 0 radical (unpaired) electrons. The van der Waals surface area contributed by atoms with Gasteiger partial charge in [-0.3, -0.25) is 0 Å². The zero-order valence-corrected chi connectivity index (χ0v) is 14.0. The summed E-state index contributed by atoms with van der Waals surface area (Å²) in [6.07, 6.45) is 2.12. The van der Waals surface area contributed by atoms with Crippen molar-refractivity contribution in [3.8, 4) is 0 Å². The quantitative estimate of drug-likeness (QED) is 0.724. The molecule has 0 saturated heterocycles. The molecule has 4 heteroatoms. The van der Waals surface area contributed by atoms with Gasteiger partial charge in [0.1, 0.15) is 0 Å². The maximum atomic E-state index is 6.15. The van der Waals surface area contributed by atoms with Gasteiger partial charge in [-0.1, -0.05) is 34.5 Å². The van der Waals surface area contributed by atoms with Crippen molar-refractivity contribution in [3.05, 3.63) is 55.6 Å². The number of hydrogen-bond donors (Lipinski definition) is 1. The predicted molar refractivity (Wildman–Crippen MR) is 88.2 cm³/mol. The lowest BCUT2D eigenvalue weighted by Gasteiger charge is -2.19. The van der Waals surface area contributed by atoms with Gasteiger partial charge in [0.2, 0.25) is 0 Å². The van der Waals surface area contributed by atoms with Crippen LogP contribution < -0.4 is 5.32 Å². The minimum Gasteiger partial charge on any atom is -0.310 e. The van der Waals surface area contributed by atoms with E-state index in [-0.39, 0.29) is 0 Å². The Labute approximate surface area is 132 Å². The second-order valence-corrected chi connectivity index (χ2v) is 6.68. The molecule has 1 atom stereocenters. The van der Waals surface area contributed by atoms with Crippen molar-refractivity contribution < 1.29 is 0 Å². The van der Waals surface area contributed by atoms with E-state index in [0.717, 1.165) is 28.9 Å². The second-order valence-electron chi connectivity index (χ2n) is 4.55. The Hall–Kier alpha value is -0.350. The maximum Gasteiger partial charge on any atom is 0.0420 e. The number of nitrogens with one attached hydrogen (secondary N) is 1. The van der Waals surface area contributed by atoms with Crippen LogP contribution >= 0.6 is 38.9 Å². The van der Waals surface area contributed by atoms with Gasteiger partial charge in [-0.15, -0.1) is 0 Å². The highest BCUT2D eigenvalue weighted by Crippen LogP contribution is 2.26. The lowest BCUT2D eigenvalue weighted by molar-refractivity contribution is 0.529. The van der Waals surface area contributed by atoms with Crippen LogP contribution in [0, 0.1) is 0 Å². The van der Waals surface area contributed by atoms with Crippen molar-refractivity contribution in [2.45, 2.75) is 25.8 Å². The fourth-order valence-corrected chi connectivity index (χ4v) is 3.62. The minimum absolute atomic E-state index is 0.310. The standard InChI is InChI=1S/C15H17BrClNS/c1-2-4-18-15(6-11-3-5-19-10-11)12-7-13(16)9-14(17)8-12/h3,5,7-10,15,18H,2,4,6H2,1H3. The molecule has 0 aliphatic heterocycles. The highest BCUT2D eigenvalue weighted by atomic mass is 79.9. The zero-order valence-electron chi connectivity index (χ0n) is 10.8. The van der Waals surface area contributed by atoms with Gasteiger partial charge in [0.25, 0.3) is 0 Å². The van der Waals surface area contributed by atoms with Gasteiger partial charge < -0.3 is 5.32 Å². The average Bonchev–Trinajstić information content (AvgIpc) is 2.86. The molecule has 0 spiro atoms. The Kier molecular flexibility index (Phi) is 5.89. The molecule has 1 aromatic heterocycles. The number of benzene rings is 1. The summed E-state index contributed by atoms with van der Waals surface area (Å²) in [4.78, 5) is 0. The van der Waals surface area contributed by atoms with Crippen molar-refractivity contribution in [1.29, 1.82) is 0 Å². The van der Waals surface area contributed by atoms with Gasteiger partial charge in [-0.05, 0) is 65.5 Å². The van der Waals surface area contributed by atoms with E-state index < -0.39 is 0 Å². The minimum atomic E-state index is 0.310. The van der Waals surface area contributed by atoms with Crippen molar-refractivity contribution >= 4 is 38.9 Å². The molecule has 1 unspecified atom stereocenters. The third-order valence-electron chi connectivity index (χ3n) is 2.95. The molecule has 2 rings (SSSR count). The summed E-state index contributed by atoms with van der Waals surface area (Å²) in [6, 6.07) is 8.61. The third kappa shape index (κ3) is 4.60. The Morgan fingerprint density at radius 2 is 2.21 bits per heavy atom. The highest BCUT2D eigenvalue weighted by molar-refractivity contribution is 9.10. The van der Waals surface area contributed by atoms with Crippen LogP contribution in [-0.2, 0) is 6.42 Å².